The Bertz CT molecular complexity index is 401. The lowest BCUT2D eigenvalue weighted by atomic mass is 10.0. The van der Waals surface area contributed by atoms with Gasteiger partial charge in [0.25, 0.3) is 0 Å². The van der Waals surface area contributed by atoms with Crippen LogP contribution in [0.3, 0.4) is 0 Å². The first kappa shape index (κ1) is 21.8. The minimum atomic E-state index is 0.696. The molecule has 0 aromatic rings. The second-order valence-electron chi connectivity index (χ2n) is 6.35. The number of nitrogens with one attached hydrogen (secondary N) is 1. The van der Waals surface area contributed by atoms with Gasteiger partial charge in [0, 0.05) is 25.5 Å². The molecule has 1 unspecified atom stereocenters. The quantitative estimate of drug-likeness (QED) is 0.197. The van der Waals surface area contributed by atoms with E-state index in [0.717, 1.165) is 56.5 Å². The molecule has 24 heavy (non-hydrogen) atoms. The fraction of sp³-hybridized carbons (Fsp3) is 0.789. The number of rotatable bonds is 13. The van der Waals surface area contributed by atoms with Gasteiger partial charge in [-0.15, -0.1) is 0 Å². The molecule has 0 aromatic heterocycles. The van der Waals surface area contributed by atoms with Gasteiger partial charge in [0.1, 0.15) is 0 Å². The third kappa shape index (κ3) is 11.3. The molecular formula is C19H34IN3O. The van der Waals surface area contributed by atoms with Crippen LogP contribution in [0, 0.1) is 5.92 Å². The van der Waals surface area contributed by atoms with Crippen LogP contribution in [-0.2, 0) is 4.74 Å². The average Bonchev–Trinajstić information content (AvgIpc) is 3.08. The first-order valence-corrected chi connectivity index (χ1v) is 10.8. The smallest absolute Gasteiger partial charge is 0.0804 e. The Morgan fingerprint density at radius 3 is 2.96 bits per heavy atom. The van der Waals surface area contributed by atoms with Gasteiger partial charge in [-0.25, -0.2) is 0 Å². The molecule has 4 nitrogen and oxygen atoms in total. The number of ether oxygens (including phenoxy) is 1. The lowest BCUT2D eigenvalue weighted by Crippen LogP contribution is -2.22. The van der Waals surface area contributed by atoms with Gasteiger partial charge >= 0.3 is 0 Å². The Balaban J connectivity index is 2.25. The van der Waals surface area contributed by atoms with E-state index in [-0.39, 0.29) is 0 Å². The van der Waals surface area contributed by atoms with Crippen molar-refractivity contribution in [3.63, 3.8) is 0 Å². The van der Waals surface area contributed by atoms with E-state index in [1.54, 1.807) is 0 Å². The summed E-state index contributed by atoms with van der Waals surface area (Å²) < 4.78 is 6.64. The monoisotopic (exact) mass is 447 g/mol. The normalized spacial score (nSPS) is 19.5. The van der Waals surface area contributed by atoms with Crippen LogP contribution in [0.1, 0.15) is 52.4 Å². The highest BCUT2D eigenvalue weighted by Crippen LogP contribution is 2.17. The van der Waals surface area contributed by atoms with Crippen molar-refractivity contribution in [2.75, 3.05) is 37.3 Å². The van der Waals surface area contributed by atoms with Crippen LogP contribution in [0.2, 0.25) is 0 Å². The van der Waals surface area contributed by atoms with Crippen LogP contribution in [0.4, 0.5) is 0 Å². The molecule has 0 aromatic carbocycles. The summed E-state index contributed by atoms with van der Waals surface area (Å²) in [7, 11) is 0. The van der Waals surface area contributed by atoms with Crippen LogP contribution in [0.25, 0.3) is 0 Å². The van der Waals surface area contributed by atoms with E-state index in [2.05, 4.69) is 59.0 Å². The van der Waals surface area contributed by atoms with Crippen molar-refractivity contribution in [2.45, 2.75) is 52.4 Å². The summed E-state index contributed by atoms with van der Waals surface area (Å²) in [6.45, 7) is 8.75. The van der Waals surface area contributed by atoms with Gasteiger partial charge in [0.15, 0.2) is 0 Å². The molecule has 0 amide bonds. The average molecular weight is 447 g/mol. The molecule has 1 saturated heterocycles. The summed E-state index contributed by atoms with van der Waals surface area (Å²) in [6.07, 6.45) is 11.2. The lowest BCUT2D eigenvalue weighted by Gasteiger charge is -2.06. The van der Waals surface area contributed by atoms with Crippen molar-refractivity contribution in [3.8, 4) is 0 Å². The summed E-state index contributed by atoms with van der Waals surface area (Å²) >= 11 is 2.43. The number of hydrogen-bond acceptors (Lipinski definition) is 4. The van der Waals surface area contributed by atoms with E-state index in [9.17, 15) is 0 Å². The highest BCUT2D eigenvalue weighted by molar-refractivity contribution is 14.1. The molecule has 0 aliphatic carbocycles. The maximum Gasteiger partial charge on any atom is 0.0804 e. The Morgan fingerprint density at radius 2 is 2.25 bits per heavy atom. The van der Waals surface area contributed by atoms with Gasteiger partial charge in [-0.05, 0) is 68.6 Å². The number of alkyl halides is 1. The van der Waals surface area contributed by atoms with E-state index in [1.165, 1.54) is 30.1 Å². The van der Waals surface area contributed by atoms with Crippen molar-refractivity contribution >= 4 is 34.5 Å². The molecule has 1 heterocycles. The third-order valence-electron chi connectivity index (χ3n) is 4.00. The lowest BCUT2D eigenvalue weighted by molar-refractivity contribution is 0.184. The maximum atomic E-state index is 5.40. The van der Waals surface area contributed by atoms with Crippen LogP contribution < -0.4 is 5.32 Å². The molecule has 0 spiro atoms. The van der Waals surface area contributed by atoms with Gasteiger partial charge in [-0.3, -0.25) is 9.98 Å². The highest BCUT2D eigenvalue weighted by atomic mass is 127. The van der Waals surface area contributed by atoms with Crippen molar-refractivity contribution in [2.24, 2.45) is 15.9 Å². The Morgan fingerprint density at radius 1 is 1.38 bits per heavy atom. The molecule has 5 heteroatoms. The first-order valence-electron chi connectivity index (χ1n) is 9.32. The summed E-state index contributed by atoms with van der Waals surface area (Å²) in [5.74, 6) is 0.737. The maximum absolute atomic E-state index is 5.40. The second kappa shape index (κ2) is 15.0. The largest absolute Gasteiger partial charge is 0.381 e. The molecule has 1 N–H and O–H groups in total. The van der Waals surface area contributed by atoms with E-state index in [4.69, 9.17) is 9.73 Å². The number of nitrogens with zero attached hydrogens (tertiary/aromatic N) is 2. The van der Waals surface area contributed by atoms with Gasteiger partial charge in [0.2, 0.25) is 0 Å². The summed E-state index contributed by atoms with van der Waals surface area (Å²) in [6, 6.07) is 0. The van der Waals surface area contributed by atoms with Crippen LogP contribution >= 0.6 is 22.6 Å². The third-order valence-corrected chi connectivity index (χ3v) is 4.77. The molecular weight excluding hydrogens is 413 g/mol. The van der Waals surface area contributed by atoms with Crippen LogP contribution in [0.15, 0.2) is 21.8 Å². The number of allylic oxidation sites excluding steroid dienone is 1. The standard InChI is InChI=1S/C19H34IN3O/c1-3-7-19(23-17(2)14-21-11-5-4-10-20)15-22-12-6-8-18-9-13-24-16-18/h7,12,18,21H,3-6,8-11,13-16H2,1-2H3/b19-7-,22-12-,23-17+. The predicted molar refractivity (Wildman–Crippen MR) is 114 cm³/mol. The number of unbranched alkanes of at least 4 members (excludes halogenated alkanes) is 1. The molecule has 0 saturated carbocycles. The van der Waals surface area contributed by atoms with E-state index in [1.807, 2.05) is 0 Å². The Hall–Kier alpha value is -0.270. The number of halogens is 1. The topological polar surface area (TPSA) is 46.0 Å². The minimum absolute atomic E-state index is 0.696. The van der Waals surface area contributed by atoms with E-state index >= 15 is 0 Å². The fourth-order valence-corrected chi connectivity index (χ4v) is 3.19. The molecule has 138 valence electrons. The highest BCUT2D eigenvalue weighted by Gasteiger charge is 2.13. The summed E-state index contributed by atoms with van der Waals surface area (Å²) in [5.41, 5.74) is 2.23. The Labute approximate surface area is 161 Å². The molecule has 1 aliphatic rings. The minimum Gasteiger partial charge on any atom is -0.381 e. The molecule has 1 aliphatic heterocycles. The molecule has 0 bridgehead atoms. The van der Waals surface area contributed by atoms with Crippen molar-refractivity contribution in [3.05, 3.63) is 11.8 Å². The van der Waals surface area contributed by atoms with Gasteiger partial charge < -0.3 is 10.1 Å². The number of hydrogen-bond donors (Lipinski definition) is 1. The molecule has 1 atom stereocenters. The Kier molecular flexibility index (Phi) is 13.6. The van der Waals surface area contributed by atoms with Crippen LogP contribution in [0.5, 0.6) is 0 Å². The summed E-state index contributed by atoms with van der Waals surface area (Å²) in [4.78, 5) is 9.30. The first-order chi connectivity index (χ1) is 11.8. The van der Waals surface area contributed by atoms with Crippen molar-refractivity contribution < 1.29 is 4.74 Å². The van der Waals surface area contributed by atoms with E-state index < -0.39 is 0 Å². The zero-order valence-corrected chi connectivity index (χ0v) is 17.6. The predicted octanol–water partition coefficient (Wildman–Crippen LogP) is 4.43. The molecule has 1 rings (SSSR count). The molecule has 0 radical (unpaired) electrons. The van der Waals surface area contributed by atoms with Crippen molar-refractivity contribution in [1.29, 1.82) is 0 Å². The zero-order chi connectivity index (χ0) is 17.5. The fourth-order valence-electron chi connectivity index (χ4n) is 2.65. The van der Waals surface area contributed by atoms with Gasteiger partial charge in [0.05, 0.1) is 12.2 Å². The second-order valence-corrected chi connectivity index (χ2v) is 7.43. The zero-order valence-electron chi connectivity index (χ0n) is 15.4. The molecule has 1 fully saturated rings. The number of aliphatic imine (C=N–C) groups is 2. The summed E-state index contributed by atoms with van der Waals surface area (Å²) in [5, 5.41) is 3.46. The van der Waals surface area contributed by atoms with Gasteiger partial charge in [-0.2, -0.15) is 0 Å². The SMILES string of the molecule is CC/C=C(C/N=C\CCC1CCOC1)\N=C(/C)CNCCCCI. The van der Waals surface area contributed by atoms with E-state index in [0.29, 0.717) is 6.54 Å². The van der Waals surface area contributed by atoms with Crippen LogP contribution in [-0.4, -0.2) is 49.2 Å². The van der Waals surface area contributed by atoms with Gasteiger partial charge in [-0.1, -0.05) is 35.6 Å². The van der Waals surface area contributed by atoms with Crippen molar-refractivity contribution in [1.82, 2.24) is 5.32 Å².